The quantitative estimate of drug-likeness (QED) is 0.459. The summed E-state index contributed by atoms with van der Waals surface area (Å²) in [5, 5.41) is 7.00. The van der Waals surface area contributed by atoms with E-state index in [0.29, 0.717) is 5.56 Å². The van der Waals surface area contributed by atoms with Crippen LogP contribution in [0.1, 0.15) is 34.8 Å². The van der Waals surface area contributed by atoms with Crippen molar-refractivity contribution < 1.29 is 33.1 Å². The summed E-state index contributed by atoms with van der Waals surface area (Å²) >= 11 is 1.16. The summed E-state index contributed by atoms with van der Waals surface area (Å²) in [7, 11) is 0. The molecule has 3 rings (SSSR count). The molecule has 2 aromatic heterocycles. The Bertz CT molecular complexity index is 1120. The third kappa shape index (κ3) is 6.07. The van der Waals surface area contributed by atoms with Crippen LogP contribution < -0.4 is 10.6 Å². The molecule has 0 bridgehead atoms. The lowest BCUT2D eigenvalue weighted by Gasteiger charge is -2.14. The molecule has 10 heteroatoms. The SMILES string of the molecule is CCOC(=O)c1c(-c2ccccc2)csc1NC(=O)C(C)OC(=O)CNC(=O)c1ccco1. The van der Waals surface area contributed by atoms with Gasteiger partial charge >= 0.3 is 11.9 Å². The number of furan rings is 1. The molecule has 0 saturated heterocycles. The molecule has 1 atom stereocenters. The third-order valence-electron chi connectivity index (χ3n) is 4.41. The first-order valence-electron chi connectivity index (χ1n) is 10.1. The molecule has 2 amide bonds. The molecule has 0 aliphatic heterocycles. The van der Waals surface area contributed by atoms with Crippen molar-refractivity contribution in [2.45, 2.75) is 20.0 Å². The Morgan fingerprint density at radius 1 is 1.09 bits per heavy atom. The number of hydrogen-bond acceptors (Lipinski definition) is 8. The van der Waals surface area contributed by atoms with Crippen LogP contribution in [0.4, 0.5) is 5.00 Å². The van der Waals surface area contributed by atoms with Crippen molar-refractivity contribution in [1.82, 2.24) is 5.32 Å². The van der Waals surface area contributed by atoms with Gasteiger partial charge in [0.2, 0.25) is 0 Å². The lowest BCUT2D eigenvalue weighted by Crippen LogP contribution is -2.35. The summed E-state index contributed by atoms with van der Waals surface area (Å²) < 4.78 is 15.2. The number of rotatable bonds is 9. The first-order valence-corrected chi connectivity index (χ1v) is 10.9. The van der Waals surface area contributed by atoms with Crippen LogP contribution in [0.2, 0.25) is 0 Å². The Morgan fingerprint density at radius 3 is 2.52 bits per heavy atom. The largest absolute Gasteiger partial charge is 0.462 e. The fraction of sp³-hybridized carbons (Fsp3) is 0.217. The van der Waals surface area contributed by atoms with Crippen LogP contribution in [-0.2, 0) is 19.1 Å². The number of esters is 2. The van der Waals surface area contributed by atoms with E-state index in [1.807, 2.05) is 30.3 Å². The van der Waals surface area contributed by atoms with E-state index in [-0.39, 0.29) is 22.9 Å². The lowest BCUT2D eigenvalue weighted by atomic mass is 10.0. The molecule has 1 unspecified atom stereocenters. The zero-order valence-corrected chi connectivity index (χ0v) is 18.8. The monoisotopic (exact) mass is 470 g/mol. The van der Waals surface area contributed by atoms with E-state index >= 15 is 0 Å². The highest BCUT2D eigenvalue weighted by Crippen LogP contribution is 2.36. The molecule has 0 saturated carbocycles. The fourth-order valence-electron chi connectivity index (χ4n) is 2.84. The Hall–Kier alpha value is -3.92. The number of anilines is 1. The molecule has 2 heterocycles. The number of ether oxygens (including phenoxy) is 2. The fourth-order valence-corrected chi connectivity index (χ4v) is 3.80. The zero-order chi connectivity index (χ0) is 23.8. The van der Waals surface area contributed by atoms with Gasteiger partial charge in [-0.25, -0.2) is 4.79 Å². The van der Waals surface area contributed by atoms with Gasteiger partial charge in [0.15, 0.2) is 11.9 Å². The third-order valence-corrected chi connectivity index (χ3v) is 5.30. The number of carbonyl (C=O) groups is 4. The minimum atomic E-state index is -1.17. The molecule has 3 aromatic rings. The van der Waals surface area contributed by atoms with Crippen molar-refractivity contribution in [1.29, 1.82) is 0 Å². The van der Waals surface area contributed by atoms with E-state index in [0.717, 1.165) is 16.9 Å². The van der Waals surface area contributed by atoms with Gasteiger partial charge in [0.05, 0.1) is 12.9 Å². The molecule has 33 heavy (non-hydrogen) atoms. The summed E-state index contributed by atoms with van der Waals surface area (Å²) in [5.74, 6) is -2.54. The normalized spacial score (nSPS) is 11.3. The first kappa shape index (κ1) is 23.7. The maximum Gasteiger partial charge on any atom is 0.341 e. The highest BCUT2D eigenvalue weighted by atomic mass is 32.1. The van der Waals surface area contributed by atoms with Crippen molar-refractivity contribution in [3.05, 3.63) is 65.4 Å². The van der Waals surface area contributed by atoms with Crippen molar-refractivity contribution in [2.75, 3.05) is 18.5 Å². The van der Waals surface area contributed by atoms with Crippen LogP contribution >= 0.6 is 11.3 Å². The van der Waals surface area contributed by atoms with Gasteiger partial charge in [-0.05, 0) is 31.5 Å². The molecule has 0 aliphatic rings. The second-order valence-electron chi connectivity index (χ2n) is 6.72. The van der Waals surface area contributed by atoms with Crippen LogP contribution in [-0.4, -0.2) is 43.0 Å². The molecule has 172 valence electrons. The van der Waals surface area contributed by atoms with E-state index in [4.69, 9.17) is 13.9 Å². The molecule has 0 aliphatic carbocycles. The molecule has 2 N–H and O–H groups in total. The first-order chi connectivity index (χ1) is 15.9. The summed E-state index contributed by atoms with van der Waals surface area (Å²) in [6, 6.07) is 12.2. The second-order valence-corrected chi connectivity index (χ2v) is 7.60. The van der Waals surface area contributed by atoms with E-state index in [1.54, 1.807) is 12.3 Å². The average Bonchev–Trinajstić information content (AvgIpc) is 3.48. The van der Waals surface area contributed by atoms with Crippen LogP contribution in [0.5, 0.6) is 0 Å². The Kier molecular flexibility index (Phi) is 7.98. The van der Waals surface area contributed by atoms with E-state index in [2.05, 4.69) is 10.6 Å². The zero-order valence-electron chi connectivity index (χ0n) is 18.0. The number of amides is 2. The molecule has 9 nitrogen and oxygen atoms in total. The number of benzene rings is 1. The molecular formula is C23H22N2O7S. The standard InChI is InChI=1S/C23H22N2O7S/c1-3-30-23(29)19-16(15-8-5-4-6-9-15)13-33-22(19)25-20(27)14(2)32-18(26)12-24-21(28)17-10-7-11-31-17/h4-11,13-14H,3,12H2,1-2H3,(H,24,28)(H,25,27). The number of thiophene rings is 1. The summed E-state index contributed by atoms with van der Waals surface area (Å²) in [6.45, 7) is 2.81. The topological polar surface area (TPSA) is 124 Å². The summed E-state index contributed by atoms with van der Waals surface area (Å²) in [5.41, 5.74) is 1.65. The van der Waals surface area contributed by atoms with E-state index in [1.165, 1.54) is 25.3 Å². The molecule has 0 spiro atoms. The Labute approximate surface area is 193 Å². The van der Waals surface area contributed by atoms with Crippen LogP contribution in [0.15, 0.2) is 58.5 Å². The van der Waals surface area contributed by atoms with Crippen LogP contribution in [0.3, 0.4) is 0 Å². The Balaban J connectivity index is 1.65. The van der Waals surface area contributed by atoms with Gasteiger partial charge in [-0.1, -0.05) is 30.3 Å². The van der Waals surface area contributed by atoms with Crippen molar-refractivity contribution >= 4 is 40.1 Å². The predicted molar refractivity (Wildman–Crippen MR) is 121 cm³/mol. The minimum Gasteiger partial charge on any atom is -0.462 e. The van der Waals surface area contributed by atoms with Gasteiger partial charge in [0, 0.05) is 10.9 Å². The molecule has 0 fully saturated rings. The highest BCUT2D eigenvalue weighted by Gasteiger charge is 2.25. The maximum atomic E-state index is 12.6. The average molecular weight is 471 g/mol. The van der Waals surface area contributed by atoms with Gasteiger partial charge in [-0.3, -0.25) is 14.4 Å². The van der Waals surface area contributed by atoms with Crippen molar-refractivity contribution in [3.63, 3.8) is 0 Å². The van der Waals surface area contributed by atoms with Crippen molar-refractivity contribution in [3.8, 4) is 11.1 Å². The van der Waals surface area contributed by atoms with E-state index in [9.17, 15) is 19.2 Å². The number of carbonyl (C=O) groups excluding carboxylic acids is 4. The summed E-state index contributed by atoms with van der Waals surface area (Å²) in [4.78, 5) is 49.0. The van der Waals surface area contributed by atoms with Gasteiger partial charge < -0.3 is 24.5 Å². The van der Waals surface area contributed by atoms with E-state index < -0.39 is 36.4 Å². The molecule has 1 aromatic carbocycles. The predicted octanol–water partition coefficient (Wildman–Crippen LogP) is 3.49. The maximum absolute atomic E-state index is 12.6. The van der Waals surface area contributed by atoms with Gasteiger partial charge in [-0.15, -0.1) is 11.3 Å². The van der Waals surface area contributed by atoms with Gasteiger partial charge in [0.25, 0.3) is 11.8 Å². The van der Waals surface area contributed by atoms with Crippen molar-refractivity contribution in [2.24, 2.45) is 0 Å². The minimum absolute atomic E-state index is 0.0481. The smallest absolute Gasteiger partial charge is 0.341 e. The lowest BCUT2D eigenvalue weighted by molar-refractivity contribution is -0.152. The second kappa shape index (κ2) is 11.1. The van der Waals surface area contributed by atoms with Gasteiger partial charge in [0.1, 0.15) is 17.1 Å². The summed E-state index contributed by atoms with van der Waals surface area (Å²) in [6.07, 6.45) is 0.160. The molecular weight excluding hydrogens is 448 g/mol. The number of nitrogens with one attached hydrogen (secondary N) is 2. The van der Waals surface area contributed by atoms with Crippen LogP contribution in [0, 0.1) is 0 Å². The number of hydrogen-bond donors (Lipinski definition) is 2. The highest BCUT2D eigenvalue weighted by molar-refractivity contribution is 7.15. The van der Waals surface area contributed by atoms with Gasteiger partial charge in [-0.2, -0.15) is 0 Å². The van der Waals surface area contributed by atoms with Crippen LogP contribution in [0.25, 0.3) is 11.1 Å². The Morgan fingerprint density at radius 2 is 1.85 bits per heavy atom. The molecule has 0 radical (unpaired) electrons.